The lowest BCUT2D eigenvalue weighted by atomic mass is 10.1. The number of fused-ring (bicyclic) bond motifs is 1. The molecule has 3 aromatic carbocycles. The first-order chi connectivity index (χ1) is 17.0. The van der Waals surface area contributed by atoms with Crippen molar-refractivity contribution in [3.63, 3.8) is 0 Å². The third-order valence-corrected chi connectivity index (χ3v) is 7.13. The highest BCUT2D eigenvalue weighted by molar-refractivity contribution is 7.90. The average molecular weight is 519 g/mol. The predicted octanol–water partition coefficient (Wildman–Crippen LogP) is 5.47. The molecule has 0 aliphatic heterocycles. The van der Waals surface area contributed by atoms with Crippen LogP contribution in [-0.2, 0) is 21.2 Å². The summed E-state index contributed by atoms with van der Waals surface area (Å²) in [5, 5.41) is 9.63. The molecule has 0 unspecified atom stereocenters. The number of benzene rings is 3. The number of carboxylic acids is 1. The maximum Gasteiger partial charge on any atom is 0.573 e. The van der Waals surface area contributed by atoms with Crippen molar-refractivity contribution in [1.82, 2.24) is 3.97 Å². The van der Waals surface area contributed by atoms with E-state index >= 15 is 0 Å². The van der Waals surface area contributed by atoms with E-state index in [4.69, 9.17) is 9.84 Å². The second-order valence-corrected chi connectivity index (χ2v) is 9.65. The molecule has 0 aliphatic rings. The van der Waals surface area contributed by atoms with Crippen LogP contribution in [0.15, 0.2) is 77.8 Å². The van der Waals surface area contributed by atoms with Gasteiger partial charge in [0.05, 0.1) is 17.5 Å². The van der Waals surface area contributed by atoms with Crippen LogP contribution in [0.3, 0.4) is 0 Å². The number of carboxylic acid groups (broad SMARTS) is 1. The highest BCUT2D eigenvalue weighted by Crippen LogP contribution is 2.32. The summed E-state index contributed by atoms with van der Waals surface area (Å²) in [6.07, 6.45) is -3.57. The Kier molecular flexibility index (Phi) is 6.68. The summed E-state index contributed by atoms with van der Waals surface area (Å²) in [6.45, 7) is 0. The van der Waals surface area contributed by atoms with Gasteiger partial charge in [0.25, 0.3) is 10.0 Å². The van der Waals surface area contributed by atoms with Crippen molar-refractivity contribution >= 4 is 26.9 Å². The van der Waals surface area contributed by atoms with E-state index in [0.717, 1.165) is 10.0 Å². The Bertz CT molecular complexity index is 1540. The minimum atomic E-state index is -4.86. The summed E-state index contributed by atoms with van der Waals surface area (Å²) < 4.78 is 75.4. The summed E-state index contributed by atoms with van der Waals surface area (Å²) in [4.78, 5) is 11.0. The molecule has 0 atom stereocenters. The van der Waals surface area contributed by atoms with Crippen molar-refractivity contribution in [2.75, 3.05) is 7.11 Å². The maximum atomic E-state index is 13.6. The fourth-order valence-corrected chi connectivity index (χ4v) is 5.27. The quantitative estimate of drug-likeness (QED) is 0.332. The summed E-state index contributed by atoms with van der Waals surface area (Å²) in [7, 11) is -2.69. The SMILES string of the molecule is COc1ccc2c(c1)c(CCC(=O)O)cn2S(=O)(=O)c1cccc(-c2cccc(OC(F)(F)F)c2)c1. The molecule has 4 aromatic rings. The molecule has 0 fully saturated rings. The minimum Gasteiger partial charge on any atom is -0.497 e. The van der Waals surface area contributed by atoms with Crippen molar-refractivity contribution < 1.29 is 41.0 Å². The highest BCUT2D eigenvalue weighted by atomic mass is 32.2. The van der Waals surface area contributed by atoms with E-state index in [1.165, 1.54) is 49.7 Å². The van der Waals surface area contributed by atoms with Crippen LogP contribution in [0.5, 0.6) is 11.5 Å². The summed E-state index contributed by atoms with van der Waals surface area (Å²) in [5.41, 5.74) is 1.55. The number of aryl methyl sites for hydroxylation is 1. The lowest BCUT2D eigenvalue weighted by Gasteiger charge is -2.12. The molecule has 0 amide bonds. The van der Waals surface area contributed by atoms with Gasteiger partial charge in [-0.25, -0.2) is 12.4 Å². The molecule has 7 nitrogen and oxygen atoms in total. The van der Waals surface area contributed by atoms with Gasteiger partial charge in [0.15, 0.2) is 0 Å². The molecule has 1 aromatic heterocycles. The van der Waals surface area contributed by atoms with Crippen molar-refractivity contribution in [2.24, 2.45) is 0 Å². The van der Waals surface area contributed by atoms with Gasteiger partial charge in [0.1, 0.15) is 11.5 Å². The number of alkyl halides is 3. The van der Waals surface area contributed by atoms with Gasteiger partial charge in [-0.15, -0.1) is 13.2 Å². The molecule has 0 radical (unpaired) electrons. The molecule has 11 heteroatoms. The Morgan fingerprint density at radius 1 is 0.972 bits per heavy atom. The Morgan fingerprint density at radius 2 is 1.67 bits per heavy atom. The topological polar surface area (TPSA) is 94.8 Å². The standard InChI is InChI=1S/C25H20F3NO6S/c1-34-19-9-10-23-22(14-19)18(8-11-24(30)31)15-29(23)36(32,33)21-7-3-5-17(13-21)16-4-2-6-20(12-16)35-25(26,27)28/h2-7,9-10,12-15H,8,11H2,1H3,(H,30,31). The zero-order valence-corrected chi connectivity index (χ0v) is 19.6. The van der Waals surface area contributed by atoms with Crippen molar-refractivity contribution in [3.05, 3.63) is 78.5 Å². The number of rotatable bonds is 8. The number of ether oxygens (including phenoxy) is 2. The molecule has 0 saturated heterocycles. The number of hydrogen-bond acceptors (Lipinski definition) is 5. The molecule has 0 aliphatic carbocycles. The number of methoxy groups -OCH3 is 1. The first-order valence-electron chi connectivity index (χ1n) is 10.6. The molecule has 1 N–H and O–H groups in total. The van der Waals surface area contributed by atoms with Gasteiger partial charge in [-0.05, 0) is 65.6 Å². The second kappa shape index (κ2) is 9.57. The van der Waals surface area contributed by atoms with Crippen LogP contribution in [0.1, 0.15) is 12.0 Å². The highest BCUT2D eigenvalue weighted by Gasteiger charge is 2.31. The van der Waals surface area contributed by atoms with E-state index in [1.807, 2.05) is 0 Å². The first-order valence-corrected chi connectivity index (χ1v) is 12.0. The van der Waals surface area contributed by atoms with Gasteiger partial charge in [0, 0.05) is 18.0 Å². The third-order valence-electron chi connectivity index (χ3n) is 5.46. The Hall–Kier alpha value is -3.99. The van der Waals surface area contributed by atoms with Gasteiger partial charge < -0.3 is 14.6 Å². The van der Waals surface area contributed by atoms with Crippen LogP contribution < -0.4 is 9.47 Å². The lowest BCUT2D eigenvalue weighted by Crippen LogP contribution is -2.17. The minimum absolute atomic E-state index is 0.0976. The molecule has 0 spiro atoms. The number of aromatic nitrogens is 1. The van der Waals surface area contributed by atoms with Crippen LogP contribution in [0, 0.1) is 0 Å². The smallest absolute Gasteiger partial charge is 0.497 e. The second-order valence-electron chi connectivity index (χ2n) is 7.84. The monoisotopic (exact) mass is 519 g/mol. The Labute approximate surface area is 204 Å². The number of halogens is 3. The zero-order valence-electron chi connectivity index (χ0n) is 18.8. The van der Waals surface area contributed by atoms with E-state index in [1.54, 1.807) is 24.3 Å². The van der Waals surface area contributed by atoms with Gasteiger partial charge in [-0.2, -0.15) is 0 Å². The van der Waals surface area contributed by atoms with Gasteiger partial charge in [0.2, 0.25) is 0 Å². The van der Waals surface area contributed by atoms with Crippen molar-refractivity contribution in [3.8, 4) is 22.6 Å². The van der Waals surface area contributed by atoms with E-state index < -0.39 is 28.1 Å². The number of aliphatic carboxylic acids is 1. The summed E-state index contributed by atoms with van der Waals surface area (Å²) in [6, 6.07) is 15.8. The van der Waals surface area contributed by atoms with Gasteiger partial charge >= 0.3 is 12.3 Å². The number of carbonyl (C=O) groups is 1. The maximum absolute atomic E-state index is 13.6. The molecule has 0 saturated carbocycles. The predicted molar refractivity (Wildman–Crippen MR) is 126 cm³/mol. The van der Waals surface area contributed by atoms with E-state index in [-0.39, 0.29) is 17.7 Å². The molecule has 36 heavy (non-hydrogen) atoms. The number of hydrogen-bond donors (Lipinski definition) is 1. The van der Waals surface area contributed by atoms with Crippen molar-refractivity contribution in [1.29, 1.82) is 0 Å². The van der Waals surface area contributed by atoms with Gasteiger partial charge in [-0.3, -0.25) is 4.79 Å². The van der Waals surface area contributed by atoms with Crippen LogP contribution in [-0.4, -0.2) is 36.9 Å². The number of nitrogens with zero attached hydrogens (tertiary/aromatic N) is 1. The van der Waals surface area contributed by atoms with E-state index in [9.17, 15) is 26.4 Å². The van der Waals surface area contributed by atoms with E-state index in [0.29, 0.717) is 33.3 Å². The lowest BCUT2D eigenvalue weighted by molar-refractivity contribution is -0.274. The fourth-order valence-electron chi connectivity index (χ4n) is 3.83. The third kappa shape index (κ3) is 5.30. The van der Waals surface area contributed by atoms with Crippen molar-refractivity contribution in [2.45, 2.75) is 24.1 Å². The van der Waals surface area contributed by atoms with Crippen LogP contribution in [0.2, 0.25) is 0 Å². The summed E-state index contributed by atoms with van der Waals surface area (Å²) in [5.74, 6) is -0.968. The fraction of sp³-hybridized carbons (Fsp3) is 0.160. The van der Waals surface area contributed by atoms with Gasteiger partial charge in [-0.1, -0.05) is 24.3 Å². The Morgan fingerprint density at radius 3 is 2.33 bits per heavy atom. The molecular weight excluding hydrogens is 499 g/mol. The average Bonchev–Trinajstić information content (AvgIpc) is 3.20. The zero-order chi connectivity index (χ0) is 26.1. The van der Waals surface area contributed by atoms with Crippen LogP contribution in [0.4, 0.5) is 13.2 Å². The first kappa shape index (κ1) is 25.1. The molecule has 0 bridgehead atoms. The van der Waals surface area contributed by atoms with Crippen LogP contribution in [0.25, 0.3) is 22.0 Å². The molecule has 188 valence electrons. The molecule has 4 rings (SSSR count). The largest absolute Gasteiger partial charge is 0.573 e. The summed E-state index contributed by atoms with van der Waals surface area (Å²) >= 11 is 0. The van der Waals surface area contributed by atoms with E-state index in [2.05, 4.69) is 4.74 Å². The Balaban J connectivity index is 1.78. The molecular formula is C25H20F3NO6S. The molecule has 1 heterocycles. The normalized spacial score (nSPS) is 12.0. The van der Waals surface area contributed by atoms with Crippen LogP contribution >= 0.6 is 0 Å².